The summed E-state index contributed by atoms with van der Waals surface area (Å²) < 4.78 is 16.1. The second-order valence-corrected chi connectivity index (χ2v) is 7.86. The molecule has 1 aliphatic heterocycles. The first-order valence-corrected chi connectivity index (χ1v) is 10.5. The van der Waals surface area contributed by atoms with Crippen LogP contribution in [0.15, 0.2) is 52.0 Å². The van der Waals surface area contributed by atoms with Crippen LogP contribution in [0.1, 0.15) is 31.6 Å². The molecular formula is C22H25NO5S. The highest BCUT2D eigenvalue weighted by Gasteiger charge is 2.38. The third kappa shape index (κ3) is 5.10. The third-order valence-corrected chi connectivity index (χ3v) is 5.41. The molecule has 0 aliphatic carbocycles. The van der Waals surface area contributed by atoms with Crippen molar-refractivity contribution in [1.29, 1.82) is 0 Å². The van der Waals surface area contributed by atoms with Gasteiger partial charge >= 0.3 is 0 Å². The fourth-order valence-electron chi connectivity index (χ4n) is 3.02. The van der Waals surface area contributed by atoms with Gasteiger partial charge in [0.25, 0.3) is 11.8 Å². The normalized spacial score (nSPS) is 14.4. The van der Waals surface area contributed by atoms with E-state index in [1.807, 2.05) is 44.2 Å². The number of hydrogen-bond donors (Lipinski definition) is 0. The van der Waals surface area contributed by atoms with E-state index >= 15 is 0 Å². The molecule has 0 bridgehead atoms. The zero-order valence-corrected chi connectivity index (χ0v) is 17.7. The Morgan fingerprint density at radius 2 is 1.86 bits per heavy atom. The number of benzene rings is 1. The molecular weight excluding hydrogens is 390 g/mol. The van der Waals surface area contributed by atoms with E-state index in [-0.39, 0.29) is 17.9 Å². The second-order valence-electron chi connectivity index (χ2n) is 6.87. The molecule has 0 fully saturated rings. The summed E-state index contributed by atoms with van der Waals surface area (Å²) in [5, 5.41) is 0. The van der Waals surface area contributed by atoms with Crippen molar-refractivity contribution in [3.05, 3.63) is 58.9 Å². The van der Waals surface area contributed by atoms with Gasteiger partial charge in [0.15, 0.2) is 0 Å². The summed E-state index contributed by atoms with van der Waals surface area (Å²) in [6, 6.07) is 10.9. The molecule has 3 rings (SSSR count). The molecule has 0 saturated heterocycles. The highest BCUT2D eigenvalue weighted by Crippen LogP contribution is 2.38. The summed E-state index contributed by atoms with van der Waals surface area (Å²) in [6.07, 6.45) is 2.25. The van der Waals surface area contributed by atoms with Gasteiger partial charge in [-0.3, -0.25) is 14.5 Å². The molecule has 2 heterocycles. The Hall–Kier alpha value is -2.51. The molecule has 2 aromatic rings. The van der Waals surface area contributed by atoms with Crippen LogP contribution in [0.5, 0.6) is 5.75 Å². The van der Waals surface area contributed by atoms with E-state index < -0.39 is 0 Å². The Labute approximate surface area is 174 Å². The molecule has 29 heavy (non-hydrogen) atoms. The topological polar surface area (TPSA) is 69.0 Å². The van der Waals surface area contributed by atoms with Gasteiger partial charge in [-0.25, -0.2) is 0 Å². The average Bonchev–Trinajstić information content (AvgIpc) is 3.29. The van der Waals surface area contributed by atoms with Gasteiger partial charge in [0.1, 0.15) is 11.5 Å². The number of carbonyl (C=O) groups excluding carboxylic acids is 2. The van der Waals surface area contributed by atoms with Crippen LogP contribution < -0.4 is 4.74 Å². The smallest absolute Gasteiger partial charge is 0.267 e. The highest BCUT2D eigenvalue weighted by molar-refractivity contribution is 8.03. The van der Waals surface area contributed by atoms with Gasteiger partial charge < -0.3 is 13.9 Å². The van der Waals surface area contributed by atoms with Gasteiger partial charge in [0.05, 0.1) is 28.6 Å². The van der Waals surface area contributed by atoms with Gasteiger partial charge in [-0.2, -0.15) is 0 Å². The average molecular weight is 416 g/mol. The molecule has 2 amide bonds. The van der Waals surface area contributed by atoms with Crippen LogP contribution in [0.2, 0.25) is 0 Å². The van der Waals surface area contributed by atoms with Crippen molar-refractivity contribution in [2.24, 2.45) is 0 Å². The van der Waals surface area contributed by atoms with Gasteiger partial charge in [-0.1, -0.05) is 12.1 Å². The van der Waals surface area contributed by atoms with E-state index in [2.05, 4.69) is 0 Å². The minimum atomic E-state index is -0.273. The van der Waals surface area contributed by atoms with E-state index in [1.165, 1.54) is 16.7 Å². The fraction of sp³-hybridized carbons (Fsp3) is 0.364. The van der Waals surface area contributed by atoms with Gasteiger partial charge in [0.2, 0.25) is 0 Å². The third-order valence-electron chi connectivity index (χ3n) is 4.31. The fourth-order valence-corrected chi connectivity index (χ4v) is 4.06. The quantitative estimate of drug-likeness (QED) is 0.430. The summed E-state index contributed by atoms with van der Waals surface area (Å²) >= 11 is 1.33. The Bertz CT molecular complexity index is 871. The van der Waals surface area contributed by atoms with Gasteiger partial charge in [-0.15, -0.1) is 11.8 Å². The molecule has 0 radical (unpaired) electrons. The molecule has 0 unspecified atom stereocenters. The number of furan rings is 1. The summed E-state index contributed by atoms with van der Waals surface area (Å²) in [6.45, 7) is 4.73. The number of ether oxygens (including phenoxy) is 2. The summed E-state index contributed by atoms with van der Waals surface area (Å²) in [7, 11) is 1.60. The number of rotatable bonds is 10. The molecule has 0 saturated carbocycles. The molecule has 0 atom stereocenters. The minimum absolute atomic E-state index is 0.0606. The van der Waals surface area contributed by atoms with Crippen molar-refractivity contribution < 1.29 is 23.5 Å². The number of nitrogens with zero attached hydrogens (tertiary/aromatic N) is 1. The molecule has 1 aromatic carbocycles. The van der Waals surface area contributed by atoms with Crippen LogP contribution in [0.3, 0.4) is 0 Å². The molecule has 0 spiro atoms. The highest BCUT2D eigenvalue weighted by atomic mass is 32.2. The van der Waals surface area contributed by atoms with Crippen molar-refractivity contribution in [2.75, 3.05) is 20.3 Å². The molecule has 154 valence electrons. The summed E-state index contributed by atoms with van der Waals surface area (Å²) in [5.74, 6) is 1.42. The monoisotopic (exact) mass is 415 g/mol. The molecule has 1 aliphatic rings. The van der Waals surface area contributed by atoms with E-state index in [9.17, 15) is 9.59 Å². The Morgan fingerprint density at radius 3 is 2.48 bits per heavy atom. The molecule has 6 nitrogen and oxygen atoms in total. The van der Waals surface area contributed by atoms with E-state index in [1.54, 1.807) is 19.4 Å². The zero-order chi connectivity index (χ0) is 20.8. The van der Waals surface area contributed by atoms with Crippen LogP contribution in [0, 0.1) is 0 Å². The Kier molecular flexibility index (Phi) is 7.17. The van der Waals surface area contributed by atoms with Gasteiger partial charge in [0, 0.05) is 20.3 Å². The van der Waals surface area contributed by atoms with E-state index in [0.717, 1.165) is 11.5 Å². The first kappa shape index (κ1) is 21.2. The standard InChI is InChI=1S/C22H25NO5S/c1-15(2)28-17-9-7-16(8-10-17)19-20(29-14-18-6-4-13-27-18)22(25)23(21(19)24)11-5-12-26-3/h4,6-10,13,15H,5,11-12,14H2,1-3H3. The molecule has 7 heteroatoms. The molecule has 1 aromatic heterocycles. The summed E-state index contributed by atoms with van der Waals surface area (Å²) in [5.41, 5.74) is 1.13. The Balaban J connectivity index is 1.87. The van der Waals surface area contributed by atoms with Crippen molar-refractivity contribution in [2.45, 2.75) is 32.1 Å². The summed E-state index contributed by atoms with van der Waals surface area (Å²) in [4.78, 5) is 27.8. The lowest BCUT2D eigenvalue weighted by molar-refractivity contribution is -0.136. The van der Waals surface area contributed by atoms with Crippen LogP contribution in [0.4, 0.5) is 0 Å². The van der Waals surface area contributed by atoms with Crippen LogP contribution in [0.25, 0.3) is 5.57 Å². The lowest BCUT2D eigenvalue weighted by atomic mass is 10.1. The Morgan fingerprint density at radius 1 is 1.10 bits per heavy atom. The van der Waals surface area contributed by atoms with Crippen molar-refractivity contribution in [1.82, 2.24) is 4.90 Å². The number of thioether (sulfide) groups is 1. The number of hydrogen-bond acceptors (Lipinski definition) is 6. The van der Waals surface area contributed by atoms with E-state index in [0.29, 0.717) is 41.4 Å². The molecule has 0 N–H and O–H groups in total. The van der Waals surface area contributed by atoms with Crippen molar-refractivity contribution in [3.8, 4) is 5.75 Å². The van der Waals surface area contributed by atoms with Gasteiger partial charge in [-0.05, 0) is 50.1 Å². The lowest BCUT2D eigenvalue weighted by Gasteiger charge is -2.14. The maximum Gasteiger partial charge on any atom is 0.267 e. The van der Waals surface area contributed by atoms with Crippen molar-refractivity contribution in [3.63, 3.8) is 0 Å². The number of imide groups is 1. The number of methoxy groups -OCH3 is 1. The van der Waals surface area contributed by atoms with Crippen molar-refractivity contribution >= 4 is 29.1 Å². The van der Waals surface area contributed by atoms with Crippen LogP contribution in [-0.4, -0.2) is 43.1 Å². The first-order valence-electron chi connectivity index (χ1n) is 9.53. The largest absolute Gasteiger partial charge is 0.491 e. The zero-order valence-electron chi connectivity index (χ0n) is 16.8. The maximum atomic E-state index is 13.1. The predicted molar refractivity (Wildman–Crippen MR) is 112 cm³/mol. The SMILES string of the molecule is COCCCN1C(=O)C(SCc2ccco2)=C(c2ccc(OC(C)C)cc2)C1=O. The van der Waals surface area contributed by atoms with Crippen LogP contribution in [-0.2, 0) is 20.1 Å². The maximum absolute atomic E-state index is 13.1. The number of carbonyl (C=O) groups is 2. The minimum Gasteiger partial charge on any atom is -0.491 e. The lowest BCUT2D eigenvalue weighted by Crippen LogP contribution is -2.33. The van der Waals surface area contributed by atoms with Crippen LogP contribution >= 0.6 is 11.8 Å². The predicted octanol–water partition coefficient (Wildman–Crippen LogP) is 4.12. The first-order chi connectivity index (χ1) is 14.0. The second kappa shape index (κ2) is 9.80. The van der Waals surface area contributed by atoms with E-state index in [4.69, 9.17) is 13.9 Å². The number of amides is 2.